The van der Waals surface area contributed by atoms with Gasteiger partial charge < -0.3 is 9.84 Å². The highest BCUT2D eigenvalue weighted by Crippen LogP contribution is 2.54. The van der Waals surface area contributed by atoms with Crippen LogP contribution in [-0.2, 0) is 9.53 Å². The number of carbonyl (C=O) groups excluding carboxylic acids is 1. The molecule has 116 valence electrons. The molecular weight excluding hydrogens is 252 g/mol. The molecule has 0 unspecified atom stereocenters. The van der Waals surface area contributed by atoms with E-state index < -0.39 is 0 Å². The minimum absolute atomic E-state index is 0.106. The second-order valence-corrected chi connectivity index (χ2v) is 7.50. The molecule has 0 bridgehead atoms. The van der Waals surface area contributed by atoms with Crippen molar-refractivity contribution in [3.8, 4) is 0 Å². The SMILES string of the molecule is CC(=O)OC[C@@H](C)[C@@H]1CC[C@@]2(C)[C@@H](O)CC[C@@H](C)[C@@H]2C1. The summed E-state index contributed by atoms with van der Waals surface area (Å²) in [6.45, 7) is 8.84. The standard InChI is InChI=1S/C17H30O3/c1-11-5-6-16(19)17(4)8-7-14(9-15(11)17)12(2)10-20-13(3)18/h11-12,14-16,19H,5-10H2,1-4H3/t11-,12-,14-,15+,16+,17-/m1/s1. The Bertz CT molecular complexity index is 354. The molecule has 3 heteroatoms. The maximum atomic E-state index is 10.9. The minimum atomic E-state index is -0.182. The topological polar surface area (TPSA) is 46.5 Å². The summed E-state index contributed by atoms with van der Waals surface area (Å²) in [6, 6.07) is 0. The predicted octanol–water partition coefficient (Wildman–Crippen LogP) is 3.40. The summed E-state index contributed by atoms with van der Waals surface area (Å²) in [4.78, 5) is 10.9. The van der Waals surface area contributed by atoms with Gasteiger partial charge in [0.2, 0.25) is 0 Å². The number of rotatable bonds is 3. The number of esters is 1. The van der Waals surface area contributed by atoms with E-state index in [-0.39, 0.29) is 17.5 Å². The van der Waals surface area contributed by atoms with Gasteiger partial charge >= 0.3 is 5.97 Å². The van der Waals surface area contributed by atoms with Crippen molar-refractivity contribution in [2.24, 2.45) is 29.1 Å². The second-order valence-electron chi connectivity index (χ2n) is 7.50. The fourth-order valence-corrected chi connectivity index (χ4v) is 4.54. The molecule has 0 heterocycles. The Balaban J connectivity index is 1.99. The maximum absolute atomic E-state index is 10.9. The maximum Gasteiger partial charge on any atom is 0.302 e. The first kappa shape index (κ1) is 15.8. The molecule has 1 N–H and O–H groups in total. The number of hydrogen-bond acceptors (Lipinski definition) is 3. The molecule has 0 radical (unpaired) electrons. The van der Waals surface area contributed by atoms with E-state index in [4.69, 9.17) is 4.74 Å². The molecule has 0 saturated heterocycles. The Morgan fingerprint density at radius 2 is 2.10 bits per heavy atom. The van der Waals surface area contributed by atoms with Gasteiger partial charge in [0.05, 0.1) is 12.7 Å². The van der Waals surface area contributed by atoms with Crippen molar-refractivity contribution in [3.05, 3.63) is 0 Å². The number of aliphatic hydroxyl groups is 1. The highest BCUT2D eigenvalue weighted by molar-refractivity contribution is 5.65. The number of ether oxygens (including phenoxy) is 1. The van der Waals surface area contributed by atoms with Crippen LogP contribution in [0.1, 0.15) is 59.8 Å². The van der Waals surface area contributed by atoms with Crippen molar-refractivity contribution in [2.45, 2.75) is 65.9 Å². The second kappa shape index (κ2) is 6.05. The van der Waals surface area contributed by atoms with Crippen LogP contribution >= 0.6 is 0 Å². The van der Waals surface area contributed by atoms with Crippen molar-refractivity contribution in [1.82, 2.24) is 0 Å². The molecule has 0 aromatic heterocycles. The van der Waals surface area contributed by atoms with Gasteiger partial charge in [-0.05, 0) is 61.2 Å². The van der Waals surface area contributed by atoms with E-state index in [0.29, 0.717) is 30.3 Å². The zero-order valence-electron chi connectivity index (χ0n) is 13.4. The summed E-state index contributed by atoms with van der Waals surface area (Å²) >= 11 is 0. The number of carbonyl (C=O) groups is 1. The van der Waals surface area contributed by atoms with Gasteiger partial charge in [0.15, 0.2) is 0 Å². The van der Waals surface area contributed by atoms with Crippen LogP contribution in [0.3, 0.4) is 0 Å². The smallest absolute Gasteiger partial charge is 0.302 e. The monoisotopic (exact) mass is 282 g/mol. The largest absolute Gasteiger partial charge is 0.466 e. The predicted molar refractivity (Wildman–Crippen MR) is 79.1 cm³/mol. The molecule has 0 spiro atoms. The molecule has 2 rings (SSSR count). The Hall–Kier alpha value is -0.570. The normalized spacial score (nSPS) is 42.6. The first-order valence-electron chi connectivity index (χ1n) is 8.16. The van der Waals surface area contributed by atoms with Crippen molar-refractivity contribution in [3.63, 3.8) is 0 Å². The van der Waals surface area contributed by atoms with E-state index in [1.54, 1.807) is 0 Å². The molecule has 20 heavy (non-hydrogen) atoms. The minimum Gasteiger partial charge on any atom is -0.466 e. The van der Waals surface area contributed by atoms with Gasteiger partial charge in [0.25, 0.3) is 0 Å². The van der Waals surface area contributed by atoms with Crippen molar-refractivity contribution in [1.29, 1.82) is 0 Å². The quantitative estimate of drug-likeness (QED) is 0.807. The van der Waals surface area contributed by atoms with Gasteiger partial charge in [-0.15, -0.1) is 0 Å². The molecule has 0 aliphatic heterocycles. The summed E-state index contributed by atoms with van der Waals surface area (Å²) in [5, 5.41) is 10.4. The molecule has 0 amide bonds. The third-order valence-electron chi connectivity index (χ3n) is 6.16. The van der Waals surface area contributed by atoms with Gasteiger partial charge in [0.1, 0.15) is 0 Å². The Morgan fingerprint density at radius 1 is 1.40 bits per heavy atom. The van der Waals surface area contributed by atoms with Crippen LogP contribution in [0.15, 0.2) is 0 Å². The lowest BCUT2D eigenvalue weighted by molar-refractivity contribution is -0.144. The van der Waals surface area contributed by atoms with E-state index in [0.717, 1.165) is 25.7 Å². The summed E-state index contributed by atoms with van der Waals surface area (Å²) < 4.78 is 5.18. The molecule has 2 saturated carbocycles. The number of fused-ring (bicyclic) bond motifs is 1. The van der Waals surface area contributed by atoms with Crippen LogP contribution in [0.25, 0.3) is 0 Å². The van der Waals surface area contributed by atoms with Gasteiger partial charge in [-0.2, -0.15) is 0 Å². The highest BCUT2D eigenvalue weighted by Gasteiger charge is 2.49. The Morgan fingerprint density at radius 3 is 2.75 bits per heavy atom. The third kappa shape index (κ3) is 3.03. The van der Waals surface area contributed by atoms with Crippen molar-refractivity contribution < 1.29 is 14.6 Å². The first-order chi connectivity index (χ1) is 9.34. The fraction of sp³-hybridized carbons (Fsp3) is 0.941. The van der Waals surface area contributed by atoms with E-state index >= 15 is 0 Å². The van der Waals surface area contributed by atoms with Crippen LogP contribution in [0.4, 0.5) is 0 Å². The number of hydrogen-bond donors (Lipinski definition) is 1. The highest BCUT2D eigenvalue weighted by atomic mass is 16.5. The molecule has 3 nitrogen and oxygen atoms in total. The van der Waals surface area contributed by atoms with Crippen LogP contribution in [-0.4, -0.2) is 23.8 Å². The van der Waals surface area contributed by atoms with Gasteiger partial charge in [-0.1, -0.05) is 20.8 Å². The lowest BCUT2D eigenvalue weighted by Gasteiger charge is -2.54. The Kier molecular flexibility index (Phi) is 4.78. The molecule has 2 aliphatic carbocycles. The summed E-state index contributed by atoms with van der Waals surface area (Å²) in [7, 11) is 0. The Labute approximate surface area is 123 Å². The van der Waals surface area contributed by atoms with Crippen LogP contribution in [0.5, 0.6) is 0 Å². The van der Waals surface area contributed by atoms with E-state index in [1.807, 2.05) is 0 Å². The zero-order valence-corrected chi connectivity index (χ0v) is 13.4. The molecule has 0 aromatic rings. The molecule has 6 atom stereocenters. The zero-order chi connectivity index (χ0) is 14.9. The lowest BCUT2D eigenvalue weighted by atomic mass is 9.53. The first-order valence-corrected chi connectivity index (χ1v) is 8.16. The fourth-order valence-electron chi connectivity index (χ4n) is 4.54. The molecule has 2 aliphatic rings. The van der Waals surface area contributed by atoms with Gasteiger partial charge in [0, 0.05) is 6.92 Å². The van der Waals surface area contributed by atoms with Gasteiger partial charge in [-0.3, -0.25) is 4.79 Å². The lowest BCUT2D eigenvalue weighted by Crippen LogP contribution is -2.50. The average molecular weight is 282 g/mol. The van der Waals surface area contributed by atoms with E-state index in [2.05, 4.69) is 20.8 Å². The molecule has 0 aromatic carbocycles. The van der Waals surface area contributed by atoms with Gasteiger partial charge in [-0.25, -0.2) is 0 Å². The summed E-state index contributed by atoms with van der Waals surface area (Å²) in [6.07, 6.45) is 5.41. The summed E-state index contributed by atoms with van der Waals surface area (Å²) in [5.41, 5.74) is 0.106. The van der Waals surface area contributed by atoms with Crippen LogP contribution in [0, 0.1) is 29.1 Å². The third-order valence-corrected chi connectivity index (χ3v) is 6.16. The molecular formula is C17H30O3. The van der Waals surface area contributed by atoms with Crippen molar-refractivity contribution >= 4 is 5.97 Å². The summed E-state index contributed by atoms with van der Waals surface area (Å²) in [5.74, 6) is 2.19. The van der Waals surface area contributed by atoms with Crippen LogP contribution < -0.4 is 0 Å². The van der Waals surface area contributed by atoms with E-state index in [1.165, 1.54) is 13.3 Å². The van der Waals surface area contributed by atoms with Crippen molar-refractivity contribution in [2.75, 3.05) is 6.61 Å². The van der Waals surface area contributed by atoms with Crippen LogP contribution in [0.2, 0.25) is 0 Å². The number of aliphatic hydroxyl groups excluding tert-OH is 1. The molecule has 2 fully saturated rings. The van der Waals surface area contributed by atoms with E-state index in [9.17, 15) is 9.90 Å². The average Bonchev–Trinajstić information content (AvgIpc) is 2.40.